The molecule has 0 heterocycles. The van der Waals surface area contributed by atoms with Crippen molar-refractivity contribution in [2.24, 2.45) is 0 Å². The maximum atomic E-state index is 10.2. The van der Waals surface area contributed by atoms with Crippen LogP contribution in [0.2, 0.25) is 0 Å². The summed E-state index contributed by atoms with van der Waals surface area (Å²) in [6.45, 7) is 4.12. The van der Waals surface area contributed by atoms with E-state index in [2.05, 4.69) is 26.0 Å². The fraction of sp³-hybridized carbons (Fsp3) is 0.154. The summed E-state index contributed by atoms with van der Waals surface area (Å²) in [7, 11) is 0. The van der Waals surface area contributed by atoms with E-state index in [1.54, 1.807) is 6.08 Å². The second-order valence-electron chi connectivity index (χ2n) is 3.40. The molecule has 0 bridgehead atoms. The molecular formula is C13H14O2. The van der Waals surface area contributed by atoms with E-state index in [1.807, 2.05) is 12.1 Å². The van der Waals surface area contributed by atoms with Crippen molar-refractivity contribution in [2.75, 3.05) is 0 Å². The minimum atomic E-state index is -0.931. The Balaban J connectivity index is 2.73. The number of carbonyl (C=O) groups is 1. The second kappa shape index (κ2) is 5.15. The zero-order valence-electron chi connectivity index (χ0n) is 8.90. The van der Waals surface area contributed by atoms with E-state index in [0.717, 1.165) is 11.6 Å². The van der Waals surface area contributed by atoms with E-state index in [9.17, 15) is 4.79 Å². The normalized spacial score (nSPS) is 11.3. The average Bonchev–Trinajstić information content (AvgIpc) is 2.18. The highest BCUT2D eigenvalue weighted by Crippen LogP contribution is 2.10. The van der Waals surface area contributed by atoms with Crippen molar-refractivity contribution in [3.8, 4) is 0 Å². The number of hydrogen-bond donors (Lipinski definition) is 1. The molecule has 0 aliphatic carbocycles. The number of allylic oxidation sites excluding steroid dienone is 2. The molecule has 1 N–H and O–H groups in total. The van der Waals surface area contributed by atoms with E-state index in [-0.39, 0.29) is 0 Å². The van der Waals surface area contributed by atoms with Crippen LogP contribution in [0.4, 0.5) is 0 Å². The topological polar surface area (TPSA) is 37.3 Å². The lowest BCUT2D eigenvalue weighted by Gasteiger charge is -1.99. The lowest BCUT2D eigenvalue weighted by molar-refractivity contribution is -0.131. The van der Waals surface area contributed by atoms with Crippen LogP contribution in [0.1, 0.15) is 16.7 Å². The van der Waals surface area contributed by atoms with Crippen LogP contribution < -0.4 is 0 Å². The number of aliphatic carboxylic acids is 1. The molecular weight excluding hydrogens is 188 g/mol. The van der Waals surface area contributed by atoms with Gasteiger partial charge < -0.3 is 5.11 Å². The van der Waals surface area contributed by atoms with Crippen LogP contribution in [0.3, 0.4) is 0 Å². The molecule has 0 spiro atoms. The van der Waals surface area contributed by atoms with Gasteiger partial charge >= 0.3 is 5.97 Å². The van der Waals surface area contributed by atoms with Crippen molar-refractivity contribution in [1.29, 1.82) is 0 Å². The minimum Gasteiger partial charge on any atom is -0.478 e. The first kappa shape index (κ1) is 11.2. The molecule has 0 atom stereocenters. The number of carboxylic acid groups (broad SMARTS) is 1. The molecule has 0 aliphatic heterocycles. The van der Waals surface area contributed by atoms with Crippen LogP contribution in [0, 0.1) is 13.8 Å². The van der Waals surface area contributed by atoms with Crippen molar-refractivity contribution in [1.82, 2.24) is 0 Å². The van der Waals surface area contributed by atoms with Crippen LogP contribution in [0.15, 0.2) is 36.4 Å². The van der Waals surface area contributed by atoms with Crippen LogP contribution in [-0.4, -0.2) is 11.1 Å². The predicted octanol–water partition coefficient (Wildman–Crippen LogP) is 2.96. The van der Waals surface area contributed by atoms with Gasteiger partial charge in [-0.2, -0.15) is 0 Å². The van der Waals surface area contributed by atoms with E-state index in [4.69, 9.17) is 5.11 Å². The summed E-state index contributed by atoms with van der Waals surface area (Å²) in [6, 6.07) is 6.13. The quantitative estimate of drug-likeness (QED) is 0.604. The highest BCUT2D eigenvalue weighted by molar-refractivity contribution is 5.80. The number of benzene rings is 1. The summed E-state index contributed by atoms with van der Waals surface area (Å²) < 4.78 is 0. The van der Waals surface area contributed by atoms with E-state index >= 15 is 0 Å². The van der Waals surface area contributed by atoms with E-state index < -0.39 is 5.97 Å². The maximum absolute atomic E-state index is 10.2. The van der Waals surface area contributed by atoms with Gasteiger partial charge in [-0.3, -0.25) is 0 Å². The van der Waals surface area contributed by atoms with Crippen molar-refractivity contribution in [3.05, 3.63) is 53.1 Å². The minimum absolute atomic E-state index is 0.931. The average molecular weight is 202 g/mol. The van der Waals surface area contributed by atoms with Gasteiger partial charge in [0.15, 0.2) is 0 Å². The van der Waals surface area contributed by atoms with Gasteiger partial charge in [-0.1, -0.05) is 36.4 Å². The van der Waals surface area contributed by atoms with Crippen molar-refractivity contribution in [2.45, 2.75) is 13.8 Å². The molecule has 0 aromatic heterocycles. The van der Waals surface area contributed by atoms with Gasteiger partial charge in [0.05, 0.1) is 0 Å². The summed E-state index contributed by atoms with van der Waals surface area (Å²) >= 11 is 0. The number of carboxylic acids is 1. The van der Waals surface area contributed by atoms with Crippen molar-refractivity contribution < 1.29 is 9.90 Å². The summed E-state index contributed by atoms with van der Waals surface area (Å²) in [5.74, 6) is -0.931. The Bertz CT molecular complexity index is 415. The van der Waals surface area contributed by atoms with Crippen molar-refractivity contribution in [3.63, 3.8) is 0 Å². The van der Waals surface area contributed by atoms with Gasteiger partial charge in [0.25, 0.3) is 0 Å². The fourth-order valence-electron chi connectivity index (χ4n) is 1.17. The van der Waals surface area contributed by atoms with Gasteiger partial charge in [-0.05, 0) is 30.5 Å². The Hall–Kier alpha value is -1.83. The summed E-state index contributed by atoms with van der Waals surface area (Å²) in [4.78, 5) is 10.2. The molecule has 15 heavy (non-hydrogen) atoms. The Morgan fingerprint density at radius 2 is 1.93 bits per heavy atom. The summed E-state index contributed by atoms with van der Waals surface area (Å²) in [6.07, 6.45) is 6.22. The van der Waals surface area contributed by atoms with Crippen molar-refractivity contribution >= 4 is 12.0 Å². The van der Waals surface area contributed by atoms with Gasteiger partial charge in [0, 0.05) is 6.08 Å². The number of rotatable bonds is 3. The molecule has 0 amide bonds. The Labute approximate surface area is 89.6 Å². The molecule has 2 heteroatoms. The molecule has 0 fully saturated rings. The lowest BCUT2D eigenvalue weighted by atomic mass is 10.1. The highest BCUT2D eigenvalue weighted by atomic mass is 16.4. The summed E-state index contributed by atoms with van der Waals surface area (Å²) in [5.41, 5.74) is 3.57. The number of aryl methyl sites for hydroxylation is 2. The standard InChI is InChI=1S/C13H14O2/c1-10-7-8-12(9-11(10)2)5-3-4-6-13(14)15/h3-9H,1-2H3,(H,14,15)/b5-3+,6-4+. The fourth-order valence-corrected chi connectivity index (χ4v) is 1.17. The Morgan fingerprint density at radius 1 is 1.20 bits per heavy atom. The molecule has 0 radical (unpaired) electrons. The zero-order valence-corrected chi connectivity index (χ0v) is 8.90. The zero-order chi connectivity index (χ0) is 11.3. The maximum Gasteiger partial charge on any atom is 0.328 e. The number of hydrogen-bond acceptors (Lipinski definition) is 1. The molecule has 0 saturated carbocycles. The third-order valence-electron chi connectivity index (χ3n) is 2.17. The second-order valence-corrected chi connectivity index (χ2v) is 3.40. The Kier molecular flexibility index (Phi) is 3.86. The molecule has 2 nitrogen and oxygen atoms in total. The molecule has 0 unspecified atom stereocenters. The van der Waals surface area contributed by atoms with Gasteiger partial charge in [0.2, 0.25) is 0 Å². The molecule has 78 valence electrons. The lowest BCUT2D eigenvalue weighted by Crippen LogP contribution is -1.84. The van der Waals surface area contributed by atoms with Gasteiger partial charge in [0.1, 0.15) is 0 Å². The first-order valence-corrected chi connectivity index (χ1v) is 4.74. The monoisotopic (exact) mass is 202 g/mol. The third kappa shape index (κ3) is 3.81. The van der Waals surface area contributed by atoms with Gasteiger partial charge in [-0.15, -0.1) is 0 Å². The van der Waals surface area contributed by atoms with Crippen LogP contribution in [-0.2, 0) is 4.79 Å². The third-order valence-corrected chi connectivity index (χ3v) is 2.17. The van der Waals surface area contributed by atoms with Crippen LogP contribution >= 0.6 is 0 Å². The Morgan fingerprint density at radius 3 is 2.53 bits per heavy atom. The molecule has 1 aromatic carbocycles. The molecule has 1 aromatic rings. The highest BCUT2D eigenvalue weighted by Gasteiger charge is 1.91. The predicted molar refractivity (Wildman–Crippen MR) is 61.7 cm³/mol. The first-order valence-electron chi connectivity index (χ1n) is 4.74. The summed E-state index contributed by atoms with van der Waals surface area (Å²) in [5, 5.41) is 8.37. The smallest absolute Gasteiger partial charge is 0.328 e. The molecule has 1 rings (SSSR count). The van der Waals surface area contributed by atoms with Crippen LogP contribution in [0.25, 0.3) is 6.08 Å². The van der Waals surface area contributed by atoms with E-state index in [1.165, 1.54) is 17.2 Å². The largest absolute Gasteiger partial charge is 0.478 e. The molecule has 0 saturated heterocycles. The SMILES string of the molecule is Cc1ccc(/C=C/C=C/C(=O)O)cc1C. The van der Waals surface area contributed by atoms with Crippen LogP contribution in [0.5, 0.6) is 0 Å². The van der Waals surface area contributed by atoms with E-state index in [0.29, 0.717) is 0 Å². The van der Waals surface area contributed by atoms with Gasteiger partial charge in [-0.25, -0.2) is 4.79 Å². The first-order chi connectivity index (χ1) is 7.09. The molecule has 0 aliphatic rings.